The monoisotopic (exact) mass is 359 g/mol. The molecule has 0 aliphatic carbocycles. The summed E-state index contributed by atoms with van der Waals surface area (Å²) in [6.07, 6.45) is 3.49. The highest BCUT2D eigenvalue weighted by molar-refractivity contribution is 7.89. The fraction of sp³-hybridized carbons (Fsp3) is 0.533. The molecular formula is C15H22ClN3O3S. The lowest BCUT2D eigenvalue weighted by atomic mass is 10.1. The number of benzene rings is 1. The summed E-state index contributed by atoms with van der Waals surface area (Å²) in [7, 11) is -3.57. The zero-order chi connectivity index (χ0) is 16.7. The van der Waals surface area contributed by atoms with Crippen molar-refractivity contribution < 1.29 is 13.2 Å². The lowest BCUT2D eigenvalue weighted by Crippen LogP contribution is -2.42. The number of piperidine rings is 1. The van der Waals surface area contributed by atoms with Gasteiger partial charge in [0.15, 0.2) is 0 Å². The van der Waals surface area contributed by atoms with Crippen molar-refractivity contribution in [2.45, 2.75) is 24.2 Å². The standard InChI is InChI=1S/C15H22ClN3O3S/c16-13-4-6-14(7-5-13)23(21,22)18-9-8-17-15(20)12-19-10-2-1-3-11-19/h4-7,18H,1-3,8-12H2,(H,17,20). The third-order valence-corrected chi connectivity index (χ3v) is 5.41. The maximum atomic E-state index is 12.0. The SMILES string of the molecule is O=C(CN1CCCCC1)NCCNS(=O)(=O)c1ccc(Cl)cc1. The Morgan fingerprint density at radius 2 is 1.74 bits per heavy atom. The molecule has 8 heteroatoms. The van der Waals surface area contributed by atoms with Crippen LogP contribution in [-0.2, 0) is 14.8 Å². The summed E-state index contributed by atoms with van der Waals surface area (Å²) in [6.45, 7) is 2.70. The molecule has 0 atom stereocenters. The van der Waals surface area contributed by atoms with Gasteiger partial charge in [-0.05, 0) is 50.2 Å². The number of likely N-dealkylation sites (tertiary alicyclic amines) is 1. The molecule has 1 amide bonds. The molecule has 0 aromatic heterocycles. The third kappa shape index (κ3) is 6.10. The second-order valence-corrected chi connectivity index (χ2v) is 7.74. The fourth-order valence-electron chi connectivity index (χ4n) is 2.46. The first kappa shape index (κ1) is 18.2. The van der Waals surface area contributed by atoms with E-state index in [9.17, 15) is 13.2 Å². The minimum Gasteiger partial charge on any atom is -0.354 e. The summed E-state index contributed by atoms with van der Waals surface area (Å²) in [5.74, 6) is -0.0717. The van der Waals surface area contributed by atoms with Gasteiger partial charge in [-0.15, -0.1) is 0 Å². The van der Waals surface area contributed by atoms with E-state index >= 15 is 0 Å². The van der Waals surface area contributed by atoms with Crippen molar-refractivity contribution >= 4 is 27.5 Å². The van der Waals surface area contributed by atoms with Gasteiger partial charge in [-0.2, -0.15) is 0 Å². The first-order chi connectivity index (χ1) is 11.0. The predicted octanol–water partition coefficient (Wildman–Crippen LogP) is 1.22. The summed E-state index contributed by atoms with van der Waals surface area (Å²) >= 11 is 5.74. The largest absolute Gasteiger partial charge is 0.354 e. The zero-order valence-corrected chi connectivity index (χ0v) is 14.5. The number of hydrogen-bond donors (Lipinski definition) is 2. The van der Waals surface area contributed by atoms with Crippen molar-refractivity contribution in [1.29, 1.82) is 0 Å². The van der Waals surface area contributed by atoms with Crippen LogP contribution in [0.1, 0.15) is 19.3 Å². The third-order valence-electron chi connectivity index (χ3n) is 3.68. The molecule has 6 nitrogen and oxygen atoms in total. The van der Waals surface area contributed by atoms with Crippen LogP contribution in [0.5, 0.6) is 0 Å². The summed E-state index contributed by atoms with van der Waals surface area (Å²) in [4.78, 5) is 14.1. The Hall–Kier alpha value is -1.15. The molecular weight excluding hydrogens is 338 g/mol. The molecule has 1 aliphatic heterocycles. The average molecular weight is 360 g/mol. The molecule has 1 aliphatic rings. The van der Waals surface area contributed by atoms with Gasteiger partial charge in [0.05, 0.1) is 11.4 Å². The average Bonchev–Trinajstić information content (AvgIpc) is 2.53. The van der Waals surface area contributed by atoms with Crippen LogP contribution in [0.15, 0.2) is 29.2 Å². The Labute approximate surface area is 142 Å². The Balaban J connectivity index is 1.69. The molecule has 2 N–H and O–H groups in total. The predicted molar refractivity (Wildman–Crippen MR) is 89.9 cm³/mol. The number of hydrogen-bond acceptors (Lipinski definition) is 4. The van der Waals surface area contributed by atoms with Gasteiger partial charge in [-0.1, -0.05) is 18.0 Å². The van der Waals surface area contributed by atoms with Gasteiger partial charge >= 0.3 is 0 Å². The van der Waals surface area contributed by atoms with Crippen molar-refractivity contribution in [1.82, 2.24) is 14.9 Å². The zero-order valence-electron chi connectivity index (χ0n) is 12.9. The summed E-state index contributed by atoms with van der Waals surface area (Å²) in [6, 6.07) is 5.94. The van der Waals surface area contributed by atoms with E-state index in [1.165, 1.54) is 30.7 Å². The Kier molecular flexibility index (Phi) is 6.83. The van der Waals surface area contributed by atoms with Crippen LogP contribution in [0, 0.1) is 0 Å². The first-order valence-corrected chi connectivity index (χ1v) is 9.58. The van der Waals surface area contributed by atoms with Crippen molar-refractivity contribution in [2.75, 3.05) is 32.7 Å². The summed E-state index contributed by atoms with van der Waals surface area (Å²) in [5.41, 5.74) is 0. The van der Waals surface area contributed by atoms with Crippen LogP contribution in [0.4, 0.5) is 0 Å². The Morgan fingerprint density at radius 1 is 1.09 bits per heavy atom. The maximum Gasteiger partial charge on any atom is 0.240 e. The molecule has 2 rings (SSSR count). The smallest absolute Gasteiger partial charge is 0.240 e. The lowest BCUT2D eigenvalue weighted by Gasteiger charge is -2.25. The fourth-order valence-corrected chi connectivity index (χ4v) is 3.62. The van der Waals surface area contributed by atoms with Crippen LogP contribution in [0.25, 0.3) is 0 Å². The normalized spacial score (nSPS) is 16.2. The molecule has 1 aromatic carbocycles. The molecule has 1 saturated heterocycles. The molecule has 0 bridgehead atoms. The molecule has 128 valence electrons. The topological polar surface area (TPSA) is 78.5 Å². The highest BCUT2D eigenvalue weighted by Gasteiger charge is 2.15. The minimum absolute atomic E-state index is 0.0717. The van der Waals surface area contributed by atoms with Gasteiger partial charge in [-0.3, -0.25) is 9.69 Å². The number of carbonyl (C=O) groups excluding carboxylic acids is 1. The number of carbonyl (C=O) groups is 1. The van der Waals surface area contributed by atoms with Crippen LogP contribution < -0.4 is 10.0 Å². The lowest BCUT2D eigenvalue weighted by molar-refractivity contribution is -0.122. The van der Waals surface area contributed by atoms with Crippen molar-refractivity contribution in [2.24, 2.45) is 0 Å². The van der Waals surface area contributed by atoms with Crippen LogP contribution >= 0.6 is 11.6 Å². The molecule has 1 heterocycles. The van der Waals surface area contributed by atoms with E-state index in [0.29, 0.717) is 11.6 Å². The van der Waals surface area contributed by atoms with Crippen molar-refractivity contribution in [3.63, 3.8) is 0 Å². The quantitative estimate of drug-likeness (QED) is 0.717. The van der Waals surface area contributed by atoms with Gasteiger partial charge in [-0.25, -0.2) is 13.1 Å². The molecule has 0 saturated carbocycles. The molecule has 0 spiro atoms. The van der Waals surface area contributed by atoms with E-state index in [4.69, 9.17) is 11.6 Å². The van der Waals surface area contributed by atoms with Gasteiger partial charge in [0.25, 0.3) is 0 Å². The second-order valence-electron chi connectivity index (χ2n) is 5.54. The van der Waals surface area contributed by atoms with E-state index in [0.717, 1.165) is 25.9 Å². The van der Waals surface area contributed by atoms with Gasteiger partial charge in [0, 0.05) is 18.1 Å². The van der Waals surface area contributed by atoms with Crippen LogP contribution in [-0.4, -0.2) is 51.9 Å². The van der Waals surface area contributed by atoms with E-state index in [-0.39, 0.29) is 23.9 Å². The van der Waals surface area contributed by atoms with Crippen molar-refractivity contribution in [3.8, 4) is 0 Å². The Morgan fingerprint density at radius 3 is 2.39 bits per heavy atom. The first-order valence-electron chi connectivity index (χ1n) is 7.72. The molecule has 1 aromatic rings. The van der Waals surface area contributed by atoms with Crippen molar-refractivity contribution in [3.05, 3.63) is 29.3 Å². The van der Waals surface area contributed by atoms with Gasteiger partial charge in [0.1, 0.15) is 0 Å². The number of rotatable bonds is 7. The van der Waals surface area contributed by atoms with Crippen LogP contribution in [0.2, 0.25) is 5.02 Å². The van der Waals surface area contributed by atoms with E-state index < -0.39 is 10.0 Å². The maximum absolute atomic E-state index is 12.0. The number of nitrogens with one attached hydrogen (secondary N) is 2. The highest BCUT2D eigenvalue weighted by Crippen LogP contribution is 2.13. The number of sulfonamides is 1. The Bertz CT molecular complexity index is 613. The summed E-state index contributed by atoms with van der Waals surface area (Å²) in [5, 5.41) is 3.21. The highest BCUT2D eigenvalue weighted by atomic mass is 35.5. The van der Waals surface area contributed by atoms with Gasteiger partial charge in [0.2, 0.25) is 15.9 Å². The summed E-state index contributed by atoms with van der Waals surface area (Å²) < 4.78 is 26.5. The molecule has 0 radical (unpaired) electrons. The molecule has 1 fully saturated rings. The molecule has 0 unspecified atom stereocenters. The van der Waals surface area contributed by atoms with Gasteiger partial charge < -0.3 is 5.32 Å². The number of amides is 1. The number of halogens is 1. The van der Waals surface area contributed by atoms with E-state index in [1.807, 2.05) is 0 Å². The second kappa shape index (κ2) is 8.63. The minimum atomic E-state index is -3.57. The molecule has 23 heavy (non-hydrogen) atoms. The van der Waals surface area contributed by atoms with E-state index in [2.05, 4.69) is 14.9 Å². The van der Waals surface area contributed by atoms with E-state index in [1.54, 1.807) is 0 Å². The van der Waals surface area contributed by atoms with Crippen LogP contribution in [0.3, 0.4) is 0 Å². The number of nitrogens with zero attached hydrogens (tertiary/aromatic N) is 1.